The van der Waals surface area contributed by atoms with Gasteiger partial charge in [-0.15, -0.1) is 0 Å². The molecule has 0 aromatic heterocycles. The third-order valence-electron chi connectivity index (χ3n) is 5.08. The van der Waals surface area contributed by atoms with Gasteiger partial charge in [-0.3, -0.25) is 0 Å². The molecule has 0 bridgehead atoms. The summed E-state index contributed by atoms with van der Waals surface area (Å²) in [6.45, 7) is 0. The molecule has 2 aromatic carbocycles. The number of hydrogen-bond acceptors (Lipinski definition) is 3. The summed E-state index contributed by atoms with van der Waals surface area (Å²) in [7, 11) is 1.37. The number of nitrogens with one attached hydrogen (secondary N) is 1. The Balaban J connectivity index is 1.73. The molecule has 3 atom stereocenters. The van der Waals surface area contributed by atoms with Crippen molar-refractivity contribution in [2.24, 2.45) is 5.92 Å². The molecule has 0 radical (unpaired) electrons. The topological polar surface area (TPSA) is 38.3 Å². The van der Waals surface area contributed by atoms with Crippen LogP contribution in [-0.2, 0) is 4.74 Å². The number of carbonyl (C=O) groups is 1. The molecule has 3 nitrogen and oxygen atoms in total. The summed E-state index contributed by atoms with van der Waals surface area (Å²) < 4.78 is 20.0. The van der Waals surface area contributed by atoms with E-state index in [1.165, 1.54) is 13.2 Å². The Labute approximate surface area is 154 Å². The van der Waals surface area contributed by atoms with Gasteiger partial charge in [-0.1, -0.05) is 40.2 Å². The van der Waals surface area contributed by atoms with Crippen LogP contribution in [0.4, 0.5) is 10.1 Å². The van der Waals surface area contributed by atoms with Crippen LogP contribution in [0.1, 0.15) is 39.9 Å². The lowest BCUT2D eigenvalue weighted by Gasteiger charge is -2.37. The Morgan fingerprint density at radius 3 is 2.76 bits per heavy atom. The maximum Gasteiger partial charge on any atom is 0.337 e. The van der Waals surface area contributed by atoms with Crippen molar-refractivity contribution in [3.05, 3.63) is 75.5 Å². The van der Waals surface area contributed by atoms with Gasteiger partial charge in [0.1, 0.15) is 5.82 Å². The molecule has 2 aliphatic rings. The number of esters is 1. The largest absolute Gasteiger partial charge is 0.465 e. The Morgan fingerprint density at radius 1 is 1.28 bits per heavy atom. The quantitative estimate of drug-likeness (QED) is 0.554. The zero-order valence-corrected chi connectivity index (χ0v) is 15.2. The summed E-state index contributed by atoms with van der Waals surface area (Å²) in [5, 5.41) is 3.39. The van der Waals surface area contributed by atoms with Crippen molar-refractivity contribution in [1.29, 1.82) is 0 Å². The fourth-order valence-corrected chi connectivity index (χ4v) is 4.34. The van der Waals surface area contributed by atoms with Gasteiger partial charge in [-0.2, -0.15) is 0 Å². The van der Waals surface area contributed by atoms with E-state index in [-0.39, 0.29) is 23.7 Å². The van der Waals surface area contributed by atoms with Crippen molar-refractivity contribution in [1.82, 2.24) is 0 Å². The summed E-state index contributed by atoms with van der Waals surface area (Å²) in [6, 6.07) is 10.8. The van der Waals surface area contributed by atoms with E-state index in [0.717, 1.165) is 22.0 Å². The molecule has 2 aromatic rings. The van der Waals surface area contributed by atoms with Gasteiger partial charge < -0.3 is 10.1 Å². The molecule has 4 rings (SSSR count). The minimum absolute atomic E-state index is 0.00475. The molecule has 0 saturated heterocycles. The Kier molecular flexibility index (Phi) is 4.12. The van der Waals surface area contributed by atoms with Gasteiger partial charge in [0.05, 0.1) is 24.4 Å². The fourth-order valence-electron chi connectivity index (χ4n) is 3.90. The average Bonchev–Trinajstić information content (AvgIpc) is 3.11. The molecule has 5 heteroatoms. The van der Waals surface area contributed by atoms with Crippen LogP contribution in [-0.4, -0.2) is 13.1 Å². The van der Waals surface area contributed by atoms with Crippen molar-refractivity contribution in [2.75, 3.05) is 12.4 Å². The van der Waals surface area contributed by atoms with Crippen LogP contribution in [0.3, 0.4) is 0 Å². The number of carbonyl (C=O) groups excluding carboxylic acids is 1. The first-order valence-corrected chi connectivity index (χ1v) is 8.98. The van der Waals surface area contributed by atoms with Gasteiger partial charge in [-0.25, -0.2) is 9.18 Å². The molecule has 0 fully saturated rings. The first kappa shape index (κ1) is 16.3. The SMILES string of the molecule is COC(=O)c1ccc([C@@H]2Nc3c(F)cc(Br)cc3[C@@H]3C=CC[C@H]32)cc1. The molecule has 0 spiro atoms. The highest BCUT2D eigenvalue weighted by molar-refractivity contribution is 9.10. The molecular weight excluding hydrogens is 385 g/mol. The summed E-state index contributed by atoms with van der Waals surface area (Å²) in [5.74, 6) is -0.0946. The molecule has 1 aliphatic carbocycles. The lowest BCUT2D eigenvalue weighted by Crippen LogP contribution is -2.29. The molecule has 1 N–H and O–H groups in total. The molecule has 25 heavy (non-hydrogen) atoms. The zero-order chi connectivity index (χ0) is 17.6. The third kappa shape index (κ3) is 2.76. The number of halogens is 2. The van der Waals surface area contributed by atoms with Crippen LogP contribution < -0.4 is 5.32 Å². The third-order valence-corrected chi connectivity index (χ3v) is 5.53. The van der Waals surface area contributed by atoms with Gasteiger partial charge in [0.2, 0.25) is 0 Å². The zero-order valence-electron chi connectivity index (χ0n) is 13.6. The summed E-state index contributed by atoms with van der Waals surface area (Å²) >= 11 is 3.39. The van der Waals surface area contributed by atoms with E-state index in [9.17, 15) is 9.18 Å². The number of hydrogen-bond donors (Lipinski definition) is 1. The van der Waals surface area contributed by atoms with Gasteiger partial charge in [0.25, 0.3) is 0 Å². The van der Waals surface area contributed by atoms with E-state index in [0.29, 0.717) is 17.2 Å². The highest BCUT2D eigenvalue weighted by Gasteiger charge is 2.39. The molecule has 1 aliphatic heterocycles. The van der Waals surface area contributed by atoms with Crippen molar-refractivity contribution >= 4 is 27.6 Å². The molecule has 128 valence electrons. The van der Waals surface area contributed by atoms with Gasteiger partial charge in [0.15, 0.2) is 0 Å². The van der Waals surface area contributed by atoms with Crippen LogP contribution in [0.15, 0.2) is 53.0 Å². The van der Waals surface area contributed by atoms with Crippen LogP contribution >= 0.6 is 15.9 Å². The van der Waals surface area contributed by atoms with Crippen LogP contribution in [0.2, 0.25) is 0 Å². The smallest absolute Gasteiger partial charge is 0.337 e. The van der Waals surface area contributed by atoms with E-state index in [1.807, 2.05) is 18.2 Å². The summed E-state index contributed by atoms with van der Waals surface area (Å²) in [5.41, 5.74) is 3.11. The molecular formula is C20H17BrFNO2. The lowest BCUT2D eigenvalue weighted by atomic mass is 9.77. The molecule has 0 unspecified atom stereocenters. The van der Waals surface area contributed by atoms with E-state index in [1.54, 1.807) is 12.1 Å². The number of ether oxygens (including phenoxy) is 1. The molecule has 0 amide bonds. The van der Waals surface area contributed by atoms with Gasteiger partial charge in [0, 0.05) is 10.4 Å². The first-order valence-electron chi connectivity index (χ1n) is 8.19. The molecule has 0 saturated carbocycles. The monoisotopic (exact) mass is 401 g/mol. The van der Waals surface area contributed by atoms with E-state index in [2.05, 4.69) is 33.4 Å². The van der Waals surface area contributed by atoms with Crippen molar-refractivity contribution in [3.8, 4) is 0 Å². The Morgan fingerprint density at radius 2 is 2.04 bits per heavy atom. The average molecular weight is 402 g/mol. The van der Waals surface area contributed by atoms with Crippen molar-refractivity contribution in [3.63, 3.8) is 0 Å². The van der Waals surface area contributed by atoms with Crippen molar-refractivity contribution in [2.45, 2.75) is 18.4 Å². The fraction of sp³-hybridized carbons (Fsp3) is 0.250. The number of fused-ring (bicyclic) bond motifs is 3. The second-order valence-corrected chi connectivity index (χ2v) is 7.36. The first-order chi connectivity index (χ1) is 12.1. The van der Waals surface area contributed by atoms with Crippen LogP contribution in [0, 0.1) is 11.7 Å². The highest BCUT2D eigenvalue weighted by Crippen LogP contribution is 2.51. The lowest BCUT2D eigenvalue weighted by molar-refractivity contribution is 0.0600. The summed E-state index contributed by atoms with van der Waals surface area (Å²) in [4.78, 5) is 11.6. The number of methoxy groups -OCH3 is 1. The number of allylic oxidation sites excluding steroid dienone is 2. The highest BCUT2D eigenvalue weighted by atomic mass is 79.9. The number of benzene rings is 2. The number of anilines is 1. The second kappa shape index (κ2) is 6.30. The number of rotatable bonds is 2. The second-order valence-electron chi connectivity index (χ2n) is 6.44. The minimum atomic E-state index is -0.357. The van der Waals surface area contributed by atoms with Gasteiger partial charge >= 0.3 is 5.97 Å². The van der Waals surface area contributed by atoms with E-state index in [4.69, 9.17) is 4.74 Å². The van der Waals surface area contributed by atoms with E-state index < -0.39 is 0 Å². The molecule has 1 heterocycles. The normalized spacial score (nSPS) is 23.6. The summed E-state index contributed by atoms with van der Waals surface area (Å²) in [6.07, 6.45) is 5.28. The minimum Gasteiger partial charge on any atom is -0.465 e. The van der Waals surface area contributed by atoms with Gasteiger partial charge in [-0.05, 0) is 47.7 Å². The van der Waals surface area contributed by atoms with Crippen molar-refractivity contribution < 1.29 is 13.9 Å². The Bertz CT molecular complexity index is 863. The Hall–Kier alpha value is -2.14. The van der Waals surface area contributed by atoms with Crippen LogP contribution in [0.5, 0.6) is 0 Å². The predicted octanol–water partition coefficient (Wildman–Crippen LogP) is 5.20. The van der Waals surface area contributed by atoms with E-state index >= 15 is 0 Å². The standard InChI is InChI=1S/C20H17BrFNO2/c1-25-20(24)12-7-5-11(6-8-12)18-15-4-2-3-14(15)16-9-13(21)10-17(22)19(16)23-18/h2-3,5-10,14-15,18,23H,4H2,1H3/t14-,15-,18+/m1/s1. The maximum absolute atomic E-state index is 14.5. The van der Waals surface area contributed by atoms with Crippen LogP contribution in [0.25, 0.3) is 0 Å². The predicted molar refractivity (Wildman–Crippen MR) is 98.2 cm³/mol. The maximum atomic E-state index is 14.5.